The molecule has 0 aliphatic carbocycles. The maximum Gasteiger partial charge on any atom is 0.417 e. The summed E-state index contributed by atoms with van der Waals surface area (Å²) < 4.78 is 39.1. The van der Waals surface area contributed by atoms with Crippen molar-refractivity contribution in [1.82, 2.24) is 10.3 Å². The number of aromatic nitrogens is 1. The van der Waals surface area contributed by atoms with E-state index in [1.165, 1.54) is 18.2 Å². The first-order valence-electron chi connectivity index (χ1n) is 8.54. The van der Waals surface area contributed by atoms with Crippen LogP contribution in [0.3, 0.4) is 0 Å². The van der Waals surface area contributed by atoms with Crippen LogP contribution in [0, 0.1) is 5.92 Å². The molecule has 2 heterocycles. The van der Waals surface area contributed by atoms with Crippen molar-refractivity contribution < 1.29 is 18.0 Å². The zero-order chi connectivity index (χ0) is 18.6. The molecule has 3 rings (SSSR count). The third kappa shape index (κ3) is 4.33. The van der Waals surface area contributed by atoms with Gasteiger partial charge in [0.05, 0.1) is 11.1 Å². The molecule has 1 fully saturated rings. The van der Waals surface area contributed by atoms with Crippen molar-refractivity contribution >= 4 is 11.6 Å². The number of nitrogens with zero attached hydrogens (tertiary/aromatic N) is 2. The Morgan fingerprint density at radius 2 is 1.77 bits per heavy atom. The van der Waals surface area contributed by atoms with Gasteiger partial charge in [-0.05, 0) is 43.0 Å². The van der Waals surface area contributed by atoms with Gasteiger partial charge in [-0.25, -0.2) is 0 Å². The van der Waals surface area contributed by atoms with Gasteiger partial charge in [0.25, 0.3) is 5.91 Å². The fraction of sp³-hybridized carbons (Fsp3) is 0.368. The molecule has 1 aliphatic heterocycles. The van der Waals surface area contributed by atoms with E-state index in [2.05, 4.69) is 15.2 Å². The number of benzene rings is 1. The molecule has 1 amide bonds. The van der Waals surface area contributed by atoms with Gasteiger partial charge >= 0.3 is 6.18 Å². The van der Waals surface area contributed by atoms with Crippen molar-refractivity contribution in [3.8, 4) is 0 Å². The molecule has 0 bridgehead atoms. The summed E-state index contributed by atoms with van der Waals surface area (Å²) in [7, 11) is 0. The highest BCUT2D eigenvalue weighted by molar-refractivity contribution is 5.95. The summed E-state index contributed by atoms with van der Waals surface area (Å²) >= 11 is 0. The van der Waals surface area contributed by atoms with E-state index in [9.17, 15) is 18.0 Å². The fourth-order valence-corrected chi connectivity index (χ4v) is 3.21. The van der Waals surface area contributed by atoms with Crippen LogP contribution in [-0.4, -0.2) is 30.5 Å². The third-order valence-electron chi connectivity index (χ3n) is 4.67. The van der Waals surface area contributed by atoms with Crippen LogP contribution in [0.1, 0.15) is 28.8 Å². The smallest absolute Gasteiger partial charge is 0.371 e. The minimum atomic E-state index is -4.54. The number of nitrogens with one attached hydrogen (secondary N) is 1. The molecule has 1 aromatic carbocycles. The average Bonchev–Trinajstić information content (AvgIpc) is 2.66. The SMILES string of the molecule is O=C(NCC1CCN(c2ccncc2)CC1)c1ccccc1C(F)(F)F. The zero-order valence-corrected chi connectivity index (χ0v) is 14.2. The van der Waals surface area contributed by atoms with Gasteiger partial charge in [0.1, 0.15) is 0 Å². The molecule has 0 saturated carbocycles. The first-order chi connectivity index (χ1) is 12.4. The van der Waals surface area contributed by atoms with Gasteiger partial charge in [-0.1, -0.05) is 12.1 Å². The lowest BCUT2D eigenvalue weighted by molar-refractivity contribution is -0.137. The second kappa shape index (κ2) is 7.76. The average molecular weight is 363 g/mol. The Hall–Kier alpha value is -2.57. The lowest BCUT2D eigenvalue weighted by Gasteiger charge is -2.33. The topological polar surface area (TPSA) is 45.2 Å². The van der Waals surface area contributed by atoms with Crippen molar-refractivity contribution in [2.75, 3.05) is 24.5 Å². The predicted molar refractivity (Wildman–Crippen MR) is 93.0 cm³/mol. The van der Waals surface area contributed by atoms with E-state index in [4.69, 9.17) is 0 Å². The minimum Gasteiger partial charge on any atom is -0.371 e. The summed E-state index contributed by atoms with van der Waals surface area (Å²) in [6.07, 6.45) is 0.719. The van der Waals surface area contributed by atoms with Crippen molar-refractivity contribution in [3.05, 3.63) is 59.9 Å². The molecule has 4 nitrogen and oxygen atoms in total. The molecule has 0 spiro atoms. The van der Waals surface area contributed by atoms with Crippen LogP contribution in [-0.2, 0) is 6.18 Å². The Labute approximate surface area is 150 Å². The number of alkyl halides is 3. The van der Waals surface area contributed by atoms with Gasteiger partial charge in [-0.2, -0.15) is 13.2 Å². The third-order valence-corrected chi connectivity index (χ3v) is 4.67. The van der Waals surface area contributed by atoms with Crippen LogP contribution in [0.2, 0.25) is 0 Å². The van der Waals surface area contributed by atoms with Crippen LogP contribution in [0.5, 0.6) is 0 Å². The molecule has 138 valence electrons. The maximum absolute atomic E-state index is 13.0. The van der Waals surface area contributed by atoms with Crippen LogP contribution in [0.25, 0.3) is 0 Å². The molecule has 0 atom stereocenters. The lowest BCUT2D eigenvalue weighted by Crippen LogP contribution is -2.39. The number of carbonyl (C=O) groups is 1. The van der Waals surface area contributed by atoms with Crippen LogP contribution in [0.4, 0.5) is 18.9 Å². The molecule has 0 unspecified atom stereocenters. The van der Waals surface area contributed by atoms with Crippen LogP contribution < -0.4 is 10.2 Å². The van der Waals surface area contributed by atoms with Crippen LogP contribution >= 0.6 is 0 Å². The van der Waals surface area contributed by atoms with Crippen molar-refractivity contribution in [1.29, 1.82) is 0 Å². The second-order valence-electron chi connectivity index (χ2n) is 6.39. The number of amides is 1. The normalized spacial score (nSPS) is 15.7. The van der Waals surface area contributed by atoms with E-state index < -0.39 is 17.6 Å². The number of piperidine rings is 1. The zero-order valence-electron chi connectivity index (χ0n) is 14.2. The number of halogens is 3. The van der Waals surface area contributed by atoms with Gasteiger partial charge in [-0.3, -0.25) is 9.78 Å². The maximum atomic E-state index is 13.0. The highest BCUT2D eigenvalue weighted by Gasteiger charge is 2.34. The lowest BCUT2D eigenvalue weighted by atomic mass is 9.96. The molecule has 0 radical (unpaired) electrons. The van der Waals surface area contributed by atoms with Crippen molar-refractivity contribution in [3.63, 3.8) is 0 Å². The first kappa shape index (κ1) is 18.2. The van der Waals surface area contributed by atoms with E-state index in [1.54, 1.807) is 12.4 Å². The second-order valence-corrected chi connectivity index (χ2v) is 6.39. The molecule has 7 heteroatoms. The highest BCUT2D eigenvalue weighted by Crippen LogP contribution is 2.31. The standard InChI is InChI=1S/C19H20F3N3O/c20-19(21,22)17-4-2-1-3-16(17)18(26)24-13-14-7-11-25(12-8-14)15-5-9-23-10-6-15/h1-6,9-10,14H,7-8,11-13H2,(H,24,26). The molecule has 2 aromatic rings. The largest absolute Gasteiger partial charge is 0.417 e. The number of pyridine rings is 1. The molecule has 1 aliphatic rings. The number of anilines is 1. The molecule has 1 aromatic heterocycles. The van der Waals surface area contributed by atoms with E-state index in [-0.39, 0.29) is 11.5 Å². The molecular weight excluding hydrogens is 343 g/mol. The van der Waals surface area contributed by atoms with Gasteiger partial charge in [0.15, 0.2) is 0 Å². The molecule has 1 N–H and O–H groups in total. The van der Waals surface area contributed by atoms with Gasteiger partial charge in [0.2, 0.25) is 0 Å². The fourth-order valence-electron chi connectivity index (χ4n) is 3.21. The Kier molecular flexibility index (Phi) is 5.44. The van der Waals surface area contributed by atoms with Crippen molar-refractivity contribution in [2.24, 2.45) is 5.92 Å². The Morgan fingerprint density at radius 3 is 2.42 bits per heavy atom. The Bertz CT molecular complexity index is 741. The summed E-state index contributed by atoms with van der Waals surface area (Å²) in [6.45, 7) is 2.09. The predicted octanol–water partition coefficient (Wildman–Crippen LogP) is 3.75. The summed E-state index contributed by atoms with van der Waals surface area (Å²) in [6, 6.07) is 8.78. The quantitative estimate of drug-likeness (QED) is 0.900. The Morgan fingerprint density at radius 1 is 1.12 bits per heavy atom. The molecule has 1 saturated heterocycles. The number of rotatable bonds is 4. The minimum absolute atomic E-state index is 0.259. The summed E-state index contributed by atoms with van der Waals surface area (Å²) in [5.74, 6) is -0.412. The monoisotopic (exact) mass is 363 g/mol. The van der Waals surface area contributed by atoms with Gasteiger partial charge in [-0.15, -0.1) is 0 Å². The molecular formula is C19H20F3N3O. The Balaban J connectivity index is 1.54. The first-order valence-corrected chi connectivity index (χ1v) is 8.54. The highest BCUT2D eigenvalue weighted by atomic mass is 19.4. The van der Waals surface area contributed by atoms with E-state index in [0.29, 0.717) is 6.54 Å². The van der Waals surface area contributed by atoms with Gasteiger partial charge < -0.3 is 10.2 Å². The number of carbonyl (C=O) groups excluding carboxylic acids is 1. The van der Waals surface area contributed by atoms with Crippen LogP contribution in [0.15, 0.2) is 48.8 Å². The summed E-state index contributed by atoms with van der Waals surface area (Å²) in [5.41, 5.74) is -0.110. The summed E-state index contributed by atoms with van der Waals surface area (Å²) in [4.78, 5) is 18.5. The van der Waals surface area contributed by atoms with E-state index in [0.717, 1.165) is 37.7 Å². The van der Waals surface area contributed by atoms with Gasteiger partial charge in [0, 0.05) is 37.7 Å². The number of hydrogen-bond acceptors (Lipinski definition) is 3. The summed E-state index contributed by atoms with van der Waals surface area (Å²) in [5, 5.41) is 2.67. The van der Waals surface area contributed by atoms with E-state index >= 15 is 0 Å². The molecule has 26 heavy (non-hydrogen) atoms. The van der Waals surface area contributed by atoms with Crippen molar-refractivity contribution in [2.45, 2.75) is 19.0 Å². The van der Waals surface area contributed by atoms with E-state index in [1.807, 2.05) is 12.1 Å². The number of hydrogen-bond donors (Lipinski definition) is 1.